The molecule has 2 aromatic rings. The summed E-state index contributed by atoms with van der Waals surface area (Å²) in [5.41, 5.74) is 0.748. The van der Waals surface area contributed by atoms with Crippen molar-refractivity contribution in [2.24, 2.45) is 0 Å². The first-order valence-corrected chi connectivity index (χ1v) is 7.92. The molecule has 0 aromatic carbocycles. The molecule has 1 fully saturated rings. The van der Waals surface area contributed by atoms with E-state index in [-0.39, 0.29) is 11.8 Å². The highest BCUT2D eigenvalue weighted by Gasteiger charge is 2.36. The van der Waals surface area contributed by atoms with E-state index in [0.717, 1.165) is 5.69 Å². The lowest BCUT2D eigenvalue weighted by Gasteiger charge is -2.37. The van der Waals surface area contributed by atoms with Crippen LogP contribution in [0.1, 0.15) is 18.7 Å². The van der Waals surface area contributed by atoms with Crippen molar-refractivity contribution in [3.8, 4) is 0 Å². The molecular weight excluding hydrogens is 282 g/mol. The molecular formula is C10H15N7O2S. The molecule has 108 valence electrons. The maximum atomic E-state index is 11.6. The summed E-state index contributed by atoms with van der Waals surface area (Å²) in [5, 5.41) is 16.1. The zero-order valence-electron chi connectivity index (χ0n) is 11.0. The van der Waals surface area contributed by atoms with Gasteiger partial charge in [-0.1, -0.05) is 5.21 Å². The van der Waals surface area contributed by atoms with Crippen LogP contribution < -0.4 is 0 Å². The first-order chi connectivity index (χ1) is 9.58. The van der Waals surface area contributed by atoms with Gasteiger partial charge in [0.15, 0.2) is 0 Å². The molecule has 1 saturated heterocycles. The summed E-state index contributed by atoms with van der Waals surface area (Å²) in [6.45, 7) is 3.02. The van der Waals surface area contributed by atoms with E-state index in [1.54, 1.807) is 24.0 Å². The summed E-state index contributed by atoms with van der Waals surface area (Å²) in [7, 11) is -3.09. The molecule has 9 nitrogen and oxygen atoms in total. The third kappa shape index (κ3) is 2.43. The number of hydrogen-bond acceptors (Lipinski definition) is 6. The van der Waals surface area contributed by atoms with Gasteiger partial charge in [0.1, 0.15) is 12.2 Å². The average molecular weight is 297 g/mol. The lowest BCUT2D eigenvalue weighted by Crippen LogP contribution is -2.51. The van der Waals surface area contributed by atoms with Crippen LogP contribution in [0.2, 0.25) is 0 Å². The minimum Gasteiger partial charge on any atom is -0.246 e. The zero-order valence-corrected chi connectivity index (χ0v) is 11.8. The summed E-state index contributed by atoms with van der Waals surface area (Å²) in [5.74, 6) is 0.132. The van der Waals surface area contributed by atoms with Gasteiger partial charge in [-0.15, -0.1) is 5.10 Å². The minimum atomic E-state index is -3.09. The predicted octanol–water partition coefficient (Wildman–Crippen LogP) is -0.876. The Morgan fingerprint density at radius 3 is 2.65 bits per heavy atom. The van der Waals surface area contributed by atoms with Crippen molar-refractivity contribution < 1.29 is 8.42 Å². The quantitative estimate of drug-likeness (QED) is 0.711. The van der Waals surface area contributed by atoms with Crippen LogP contribution in [0.3, 0.4) is 0 Å². The second-order valence-electron chi connectivity index (χ2n) is 4.62. The highest BCUT2D eigenvalue weighted by molar-refractivity contribution is 7.89. The first kappa shape index (κ1) is 13.2. The Labute approximate surface area is 116 Å². The van der Waals surface area contributed by atoms with Crippen LogP contribution in [-0.4, -0.2) is 61.6 Å². The van der Waals surface area contributed by atoms with Gasteiger partial charge >= 0.3 is 0 Å². The second kappa shape index (κ2) is 4.94. The fourth-order valence-electron chi connectivity index (χ4n) is 2.03. The van der Waals surface area contributed by atoms with Crippen molar-refractivity contribution in [2.75, 3.05) is 18.8 Å². The van der Waals surface area contributed by atoms with Gasteiger partial charge in [-0.05, 0) is 6.92 Å². The Kier molecular flexibility index (Phi) is 3.26. The number of rotatable bonds is 5. The predicted molar refractivity (Wildman–Crippen MR) is 69.2 cm³/mol. The SMILES string of the molecule is CCS(=O)(=O)N1CC(n2cc(Cn3nccn3)nn2)C1. The van der Waals surface area contributed by atoms with Crippen molar-refractivity contribution in [2.45, 2.75) is 19.5 Å². The van der Waals surface area contributed by atoms with Crippen LogP contribution in [-0.2, 0) is 16.6 Å². The number of nitrogens with zero attached hydrogens (tertiary/aromatic N) is 7. The maximum Gasteiger partial charge on any atom is 0.213 e. The highest BCUT2D eigenvalue weighted by atomic mass is 32.2. The normalized spacial score (nSPS) is 17.2. The highest BCUT2D eigenvalue weighted by Crippen LogP contribution is 2.23. The molecule has 10 heteroatoms. The summed E-state index contributed by atoms with van der Waals surface area (Å²) in [4.78, 5) is 1.52. The Morgan fingerprint density at radius 2 is 2.00 bits per heavy atom. The molecule has 0 radical (unpaired) electrons. The molecule has 20 heavy (non-hydrogen) atoms. The van der Waals surface area contributed by atoms with Crippen LogP contribution in [0.15, 0.2) is 18.6 Å². The molecule has 1 aliphatic rings. The third-order valence-corrected chi connectivity index (χ3v) is 5.10. The van der Waals surface area contributed by atoms with E-state index >= 15 is 0 Å². The fourth-order valence-corrected chi connectivity index (χ4v) is 3.19. The van der Waals surface area contributed by atoms with Crippen LogP contribution in [0.5, 0.6) is 0 Å². The molecule has 0 spiro atoms. The Hall–Kier alpha value is -1.81. The lowest BCUT2D eigenvalue weighted by atomic mass is 10.2. The first-order valence-electron chi connectivity index (χ1n) is 6.31. The number of aromatic nitrogens is 6. The minimum absolute atomic E-state index is 0.0585. The van der Waals surface area contributed by atoms with E-state index < -0.39 is 10.0 Å². The third-order valence-electron chi connectivity index (χ3n) is 3.29. The summed E-state index contributed by atoms with van der Waals surface area (Å²) < 4.78 is 26.4. The number of sulfonamides is 1. The number of hydrogen-bond donors (Lipinski definition) is 0. The van der Waals surface area contributed by atoms with E-state index in [9.17, 15) is 8.42 Å². The standard InChI is InChI=1S/C10H15N7O2S/c1-2-20(18,19)15-7-10(8-15)16-5-9(13-14-16)6-17-11-3-4-12-17/h3-5,10H,2,6-8H2,1H3. The smallest absolute Gasteiger partial charge is 0.213 e. The Morgan fingerprint density at radius 1 is 1.30 bits per heavy atom. The van der Waals surface area contributed by atoms with Gasteiger partial charge in [0.05, 0.1) is 30.4 Å². The van der Waals surface area contributed by atoms with Crippen LogP contribution in [0, 0.1) is 0 Å². The molecule has 0 atom stereocenters. The monoisotopic (exact) mass is 297 g/mol. The molecule has 1 aliphatic heterocycles. The van der Waals surface area contributed by atoms with E-state index in [1.807, 2.05) is 6.20 Å². The molecule has 3 heterocycles. The van der Waals surface area contributed by atoms with Crippen molar-refractivity contribution >= 4 is 10.0 Å². The van der Waals surface area contributed by atoms with Gasteiger partial charge in [0, 0.05) is 13.1 Å². The summed E-state index contributed by atoms with van der Waals surface area (Å²) in [6, 6.07) is 0.0585. The van der Waals surface area contributed by atoms with Gasteiger partial charge in [-0.2, -0.15) is 19.3 Å². The van der Waals surface area contributed by atoms with Crippen molar-refractivity contribution in [1.82, 2.24) is 34.3 Å². The second-order valence-corrected chi connectivity index (χ2v) is 6.88. The van der Waals surface area contributed by atoms with Crippen molar-refractivity contribution in [1.29, 1.82) is 0 Å². The molecule has 3 rings (SSSR count). The van der Waals surface area contributed by atoms with Crippen LogP contribution in [0.25, 0.3) is 0 Å². The molecule has 0 unspecified atom stereocenters. The van der Waals surface area contributed by atoms with Crippen LogP contribution in [0.4, 0.5) is 0 Å². The zero-order chi connectivity index (χ0) is 14.2. The van der Waals surface area contributed by atoms with E-state index in [0.29, 0.717) is 19.6 Å². The van der Waals surface area contributed by atoms with Crippen LogP contribution >= 0.6 is 0 Å². The largest absolute Gasteiger partial charge is 0.246 e. The topological polar surface area (TPSA) is 98.8 Å². The van der Waals surface area contributed by atoms with E-state index in [4.69, 9.17) is 0 Å². The lowest BCUT2D eigenvalue weighted by molar-refractivity contribution is 0.189. The van der Waals surface area contributed by atoms with Gasteiger partial charge in [-0.3, -0.25) is 0 Å². The van der Waals surface area contributed by atoms with Gasteiger partial charge in [0.25, 0.3) is 0 Å². The fraction of sp³-hybridized carbons (Fsp3) is 0.600. The van der Waals surface area contributed by atoms with Gasteiger partial charge in [0.2, 0.25) is 10.0 Å². The summed E-state index contributed by atoms with van der Waals surface area (Å²) in [6.07, 6.45) is 5.01. The Balaban J connectivity index is 1.62. The maximum absolute atomic E-state index is 11.6. The van der Waals surface area contributed by atoms with E-state index in [1.165, 1.54) is 9.10 Å². The Bertz CT molecular complexity index is 672. The molecule has 0 N–H and O–H groups in total. The molecule has 0 bridgehead atoms. The average Bonchev–Trinajstić information content (AvgIpc) is 3.00. The molecule has 0 aliphatic carbocycles. The molecule has 0 saturated carbocycles. The van der Waals surface area contributed by atoms with E-state index in [2.05, 4.69) is 20.5 Å². The summed E-state index contributed by atoms with van der Waals surface area (Å²) >= 11 is 0. The van der Waals surface area contributed by atoms with Gasteiger partial charge < -0.3 is 0 Å². The van der Waals surface area contributed by atoms with Gasteiger partial charge in [-0.25, -0.2) is 13.1 Å². The molecule has 0 amide bonds. The van der Waals surface area contributed by atoms with Crippen molar-refractivity contribution in [3.05, 3.63) is 24.3 Å². The van der Waals surface area contributed by atoms with Crippen molar-refractivity contribution in [3.63, 3.8) is 0 Å². The molecule has 2 aromatic heterocycles.